The minimum absolute atomic E-state index is 0.146. The standard InChI is InChI=1S/C12H21NO3S/c14-17(15)7-3-11(9-17)13-10-2-6-16-12(8-10)4-1-5-12/h10-11,13H,1-9H2. The van der Waals surface area contributed by atoms with Crippen LogP contribution in [0.25, 0.3) is 0 Å². The highest BCUT2D eigenvalue weighted by molar-refractivity contribution is 7.91. The summed E-state index contributed by atoms with van der Waals surface area (Å²) in [7, 11) is -2.76. The number of rotatable bonds is 2. The smallest absolute Gasteiger partial charge is 0.151 e. The second-order valence-corrected chi connectivity index (χ2v) is 8.07. The molecule has 0 amide bonds. The average molecular weight is 259 g/mol. The molecule has 2 saturated heterocycles. The predicted octanol–water partition coefficient (Wildman–Crippen LogP) is 0.865. The third kappa shape index (κ3) is 2.51. The molecule has 17 heavy (non-hydrogen) atoms. The van der Waals surface area contributed by atoms with Crippen LogP contribution in [0.4, 0.5) is 0 Å². The van der Waals surface area contributed by atoms with Crippen LogP contribution >= 0.6 is 0 Å². The second kappa shape index (κ2) is 4.21. The normalized spacial score (nSPS) is 39.1. The summed E-state index contributed by atoms with van der Waals surface area (Å²) in [4.78, 5) is 0. The van der Waals surface area contributed by atoms with Gasteiger partial charge in [0, 0.05) is 18.7 Å². The molecule has 0 aromatic rings. The highest BCUT2D eigenvalue weighted by Gasteiger charge is 2.43. The van der Waals surface area contributed by atoms with E-state index in [0.717, 1.165) is 25.9 Å². The Hall–Kier alpha value is -0.130. The Morgan fingerprint density at radius 3 is 2.59 bits per heavy atom. The maximum atomic E-state index is 11.4. The Balaban J connectivity index is 1.55. The number of hydrogen-bond donors (Lipinski definition) is 1. The quantitative estimate of drug-likeness (QED) is 0.799. The zero-order chi connectivity index (χ0) is 11.9. The van der Waals surface area contributed by atoms with Crippen molar-refractivity contribution >= 4 is 9.84 Å². The molecule has 2 aliphatic heterocycles. The number of ether oxygens (including phenoxy) is 1. The van der Waals surface area contributed by atoms with Crippen molar-refractivity contribution in [2.45, 2.75) is 56.2 Å². The van der Waals surface area contributed by atoms with Gasteiger partial charge >= 0.3 is 0 Å². The van der Waals surface area contributed by atoms with Crippen LogP contribution in [0.1, 0.15) is 38.5 Å². The van der Waals surface area contributed by atoms with Crippen molar-refractivity contribution in [1.82, 2.24) is 5.32 Å². The van der Waals surface area contributed by atoms with Gasteiger partial charge in [-0.3, -0.25) is 0 Å². The van der Waals surface area contributed by atoms with E-state index in [-0.39, 0.29) is 11.6 Å². The van der Waals surface area contributed by atoms with E-state index in [1.165, 1.54) is 19.3 Å². The molecular formula is C12H21NO3S. The lowest BCUT2D eigenvalue weighted by Gasteiger charge is -2.47. The Morgan fingerprint density at radius 1 is 1.18 bits per heavy atom. The van der Waals surface area contributed by atoms with E-state index in [1.807, 2.05) is 0 Å². The Bertz CT molecular complexity index is 389. The van der Waals surface area contributed by atoms with Crippen LogP contribution in [0.15, 0.2) is 0 Å². The molecule has 98 valence electrons. The molecule has 2 heterocycles. The molecule has 2 atom stereocenters. The third-order valence-corrected chi connectivity index (χ3v) is 6.23. The molecular weight excluding hydrogens is 238 g/mol. The summed E-state index contributed by atoms with van der Waals surface area (Å²) in [6.07, 6.45) is 6.54. The van der Waals surface area contributed by atoms with E-state index in [0.29, 0.717) is 17.5 Å². The minimum Gasteiger partial charge on any atom is -0.375 e. The molecule has 1 saturated carbocycles. The van der Waals surface area contributed by atoms with Crippen LogP contribution in [0.2, 0.25) is 0 Å². The third-order valence-electron chi connectivity index (χ3n) is 4.46. The van der Waals surface area contributed by atoms with Gasteiger partial charge in [-0.05, 0) is 38.5 Å². The van der Waals surface area contributed by atoms with E-state index in [4.69, 9.17) is 4.74 Å². The predicted molar refractivity (Wildman–Crippen MR) is 65.8 cm³/mol. The van der Waals surface area contributed by atoms with Crippen molar-refractivity contribution in [1.29, 1.82) is 0 Å². The lowest BCUT2D eigenvalue weighted by molar-refractivity contribution is -0.136. The SMILES string of the molecule is O=S1(=O)CCC(NC2CCOC3(CCC3)C2)C1. The van der Waals surface area contributed by atoms with Gasteiger partial charge in [0.15, 0.2) is 9.84 Å². The van der Waals surface area contributed by atoms with E-state index in [9.17, 15) is 8.42 Å². The van der Waals surface area contributed by atoms with Crippen LogP contribution in [-0.2, 0) is 14.6 Å². The van der Waals surface area contributed by atoms with Gasteiger partial charge < -0.3 is 10.1 Å². The molecule has 1 aliphatic carbocycles. The molecule has 0 aromatic heterocycles. The monoisotopic (exact) mass is 259 g/mol. The first-order valence-electron chi connectivity index (χ1n) is 6.67. The molecule has 3 rings (SSSR count). The van der Waals surface area contributed by atoms with Crippen molar-refractivity contribution in [3.63, 3.8) is 0 Å². The summed E-state index contributed by atoms with van der Waals surface area (Å²) in [6.45, 7) is 0.830. The summed E-state index contributed by atoms with van der Waals surface area (Å²) >= 11 is 0. The largest absolute Gasteiger partial charge is 0.375 e. The summed E-state index contributed by atoms with van der Waals surface area (Å²) in [5.74, 6) is 0.691. The van der Waals surface area contributed by atoms with Crippen molar-refractivity contribution < 1.29 is 13.2 Å². The second-order valence-electron chi connectivity index (χ2n) is 5.84. The fourth-order valence-corrected chi connectivity index (χ4v) is 5.04. The van der Waals surface area contributed by atoms with Gasteiger partial charge in [-0.15, -0.1) is 0 Å². The molecule has 5 heteroatoms. The molecule has 1 spiro atoms. The van der Waals surface area contributed by atoms with Gasteiger partial charge in [0.2, 0.25) is 0 Å². The fourth-order valence-electron chi connectivity index (χ4n) is 3.35. The number of hydrogen-bond acceptors (Lipinski definition) is 4. The molecule has 1 N–H and O–H groups in total. The van der Waals surface area contributed by atoms with E-state index in [2.05, 4.69) is 5.32 Å². The van der Waals surface area contributed by atoms with Gasteiger partial charge in [0.05, 0.1) is 17.1 Å². The van der Waals surface area contributed by atoms with Crippen LogP contribution in [0, 0.1) is 0 Å². The van der Waals surface area contributed by atoms with E-state index in [1.54, 1.807) is 0 Å². The Morgan fingerprint density at radius 2 is 2.00 bits per heavy atom. The Kier molecular flexibility index (Phi) is 2.96. The summed E-state index contributed by atoms with van der Waals surface area (Å²) in [6, 6.07) is 0.641. The lowest BCUT2D eigenvalue weighted by atomic mass is 9.74. The zero-order valence-electron chi connectivity index (χ0n) is 10.2. The van der Waals surface area contributed by atoms with Crippen LogP contribution < -0.4 is 5.32 Å². The van der Waals surface area contributed by atoms with Gasteiger partial charge in [0.25, 0.3) is 0 Å². The van der Waals surface area contributed by atoms with Crippen LogP contribution in [0.5, 0.6) is 0 Å². The van der Waals surface area contributed by atoms with Crippen LogP contribution in [0.3, 0.4) is 0 Å². The minimum atomic E-state index is -2.76. The van der Waals surface area contributed by atoms with E-state index < -0.39 is 9.84 Å². The topological polar surface area (TPSA) is 55.4 Å². The molecule has 3 aliphatic rings. The highest BCUT2D eigenvalue weighted by atomic mass is 32.2. The summed E-state index contributed by atoms with van der Waals surface area (Å²) in [5, 5.41) is 3.54. The molecule has 4 nitrogen and oxygen atoms in total. The van der Waals surface area contributed by atoms with Gasteiger partial charge in [0.1, 0.15) is 0 Å². The molecule has 0 bridgehead atoms. The van der Waals surface area contributed by atoms with E-state index >= 15 is 0 Å². The first kappa shape index (κ1) is 11.9. The van der Waals surface area contributed by atoms with Crippen LogP contribution in [-0.4, -0.2) is 44.2 Å². The molecule has 2 unspecified atom stereocenters. The van der Waals surface area contributed by atoms with Crippen molar-refractivity contribution in [3.05, 3.63) is 0 Å². The average Bonchev–Trinajstić information content (AvgIpc) is 2.56. The van der Waals surface area contributed by atoms with Gasteiger partial charge in [-0.1, -0.05) is 0 Å². The maximum Gasteiger partial charge on any atom is 0.151 e. The van der Waals surface area contributed by atoms with Crippen molar-refractivity contribution in [2.24, 2.45) is 0 Å². The van der Waals surface area contributed by atoms with Crippen molar-refractivity contribution in [3.8, 4) is 0 Å². The molecule has 0 radical (unpaired) electrons. The first-order chi connectivity index (χ1) is 8.07. The Labute approximate surface area is 103 Å². The van der Waals surface area contributed by atoms with Gasteiger partial charge in [-0.25, -0.2) is 8.42 Å². The number of sulfone groups is 1. The fraction of sp³-hybridized carbons (Fsp3) is 1.00. The zero-order valence-corrected chi connectivity index (χ0v) is 11.0. The molecule has 3 fully saturated rings. The molecule has 0 aromatic carbocycles. The van der Waals surface area contributed by atoms with Crippen molar-refractivity contribution in [2.75, 3.05) is 18.1 Å². The first-order valence-corrected chi connectivity index (χ1v) is 8.50. The highest BCUT2D eigenvalue weighted by Crippen LogP contribution is 2.42. The summed E-state index contributed by atoms with van der Waals surface area (Å²) in [5.41, 5.74) is 0.146. The maximum absolute atomic E-state index is 11.4. The van der Waals surface area contributed by atoms with Gasteiger partial charge in [-0.2, -0.15) is 0 Å². The summed E-state index contributed by atoms with van der Waals surface area (Å²) < 4.78 is 28.7. The number of nitrogens with one attached hydrogen (secondary N) is 1. The lowest BCUT2D eigenvalue weighted by Crippen LogP contribution is -2.52.